The average molecular weight is 402 g/mol. The van der Waals surface area contributed by atoms with Crippen molar-refractivity contribution in [2.24, 2.45) is 5.92 Å². The zero-order valence-electron chi connectivity index (χ0n) is 14.5. The number of nitro groups is 1. The maximum atomic E-state index is 12.6. The van der Waals surface area contributed by atoms with Crippen molar-refractivity contribution in [2.75, 3.05) is 0 Å². The minimum Gasteiger partial charge on any atom is -0.306 e. The maximum Gasteiger partial charge on any atom is 0.288 e. The highest BCUT2D eigenvalue weighted by Gasteiger charge is 2.22. The first-order valence-corrected chi connectivity index (χ1v) is 9.78. The molecule has 8 heteroatoms. The molecule has 0 saturated carbocycles. The molecular weight excluding hydrogens is 386 g/mol. The van der Waals surface area contributed by atoms with Crippen LogP contribution in [0.5, 0.6) is 0 Å². The van der Waals surface area contributed by atoms with Crippen LogP contribution in [-0.4, -0.2) is 14.9 Å². The molecule has 27 heavy (non-hydrogen) atoms. The number of nitro benzene ring substituents is 1. The zero-order valence-corrected chi connectivity index (χ0v) is 16.1. The largest absolute Gasteiger partial charge is 0.306 e. The van der Waals surface area contributed by atoms with Gasteiger partial charge >= 0.3 is 0 Å². The van der Waals surface area contributed by atoms with Crippen molar-refractivity contribution >= 4 is 51.0 Å². The Labute approximate surface area is 163 Å². The summed E-state index contributed by atoms with van der Waals surface area (Å²) in [5.74, 6) is 1.06. The Morgan fingerprint density at radius 3 is 3.00 bits per heavy atom. The van der Waals surface area contributed by atoms with Crippen molar-refractivity contribution in [2.45, 2.75) is 26.2 Å². The lowest BCUT2D eigenvalue weighted by molar-refractivity contribution is -0.384. The second-order valence-electron chi connectivity index (χ2n) is 6.78. The molecule has 4 rings (SSSR count). The van der Waals surface area contributed by atoms with Gasteiger partial charge in [-0.1, -0.05) is 30.7 Å². The molecule has 0 aliphatic heterocycles. The molecule has 138 valence electrons. The standard InChI is InChI=1S/C19H16ClN3O3S/c1-10-2-5-12-15(8-10)27-19-17(12)18(24)21-16(22-19)7-4-11-3-6-13(20)14(9-11)23(25)26/h3-4,6-7,9-10H,2,5,8H2,1H3,(H,21,22,24)/b7-4+/t10-/m1/s1. The normalized spacial score (nSPS) is 16.7. The Kier molecular flexibility index (Phi) is 4.57. The van der Waals surface area contributed by atoms with E-state index in [2.05, 4.69) is 16.9 Å². The van der Waals surface area contributed by atoms with E-state index in [1.165, 1.54) is 17.0 Å². The summed E-state index contributed by atoms with van der Waals surface area (Å²) in [6.07, 6.45) is 6.33. The molecule has 3 aromatic rings. The molecule has 6 nitrogen and oxygen atoms in total. The predicted molar refractivity (Wildman–Crippen MR) is 108 cm³/mol. The second kappa shape index (κ2) is 6.90. The monoisotopic (exact) mass is 401 g/mol. The van der Waals surface area contributed by atoms with Gasteiger partial charge in [-0.3, -0.25) is 14.9 Å². The van der Waals surface area contributed by atoms with E-state index in [1.54, 1.807) is 29.6 Å². The Balaban J connectivity index is 1.71. The van der Waals surface area contributed by atoms with Crippen LogP contribution in [0, 0.1) is 16.0 Å². The first-order valence-electron chi connectivity index (χ1n) is 8.59. The summed E-state index contributed by atoms with van der Waals surface area (Å²) in [5.41, 5.74) is 1.46. The van der Waals surface area contributed by atoms with Crippen LogP contribution in [0.3, 0.4) is 0 Å². The number of aryl methyl sites for hydroxylation is 1. The number of rotatable bonds is 3. The lowest BCUT2D eigenvalue weighted by Crippen LogP contribution is -2.13. The molecule has 0 unspecified atom stereocenters. The Bertz CT molecular complexity index is 1150. The molecule has 1 aliphatic carbocycles. The van der Waals surface area contributed by atoms with E-state index in [4.69, 9.17) is 11.6 Å². The number of benzene rings is 1. The van der Waals surface area contributed by atoms with Crippen LogP contribution in [0.25, 0.3) is 22.4 Å². The number of aromatic amines is 1. The molecular formula is C19H16ClN3O3S. The van der Waals surface area contributed by atoms with Crippen molar-refractivity contribution in [3.05, 3.63) is 65.5 Å². The number of aromatic nitrogens is 2. The number of nitrogens with one attached hydrogen (secondary N) is 1. The van der Waals surface area contributed by atoms with Gasteiger partial charge in [0.1, 0.15) is 15.7 Å². The Morgan fingerprint density at radius 2 is 2.22 bits per heavy atom. The molecule has 2 heterocycles. The topological polar surface area (TPSA) is 88.9 Å². The van der Waals surface area contributed by atoms with E-state index < -0.39 is 4.92 Å². The van der Waals surface area contributed by atoms with Gasteiger partial charge in [-0.2, -0.15) is 0 Å². The van der Waals surface area contributed by atoms with Crippen LogP contribution in [0.1, 0.15) is 35.2 Å². The number of fused-ring (bicyclic) bond motifs is 3. The Morgan fingerprint density at radius 1 is 1.41 bits per heavy atom. The fourth-order valence-corrected chi connectivity index (χ4v) is 4.97. The first kappa shape index (κ1) is 17.9. The van der Waals surface area contributed by atoms with Gasteiger partial charge < -0.3 is 4.98 Å². The quantitative estimate of drug-likeness (QED) is 0.502. The minimum atomic E-state index is -0.525. The second-order valence-corrected chi connectivity index (χ2v) is 8.28. The predicted octanol–water partition coefficient (Wildman–Crippen LogP) is 4.84. The number of hydrogen-bond acceptors (Lipinski definition) is 5. The molecule has 1 atom stereocenters. The summed E-state index contributed by atoms with van der Waals surface area (Å²) in [7, 11) is 0. The molecule has 0 spiro atoms. The molecule has 0 amide bonds. The molecule has 2 aromatic heterocycles. The lowest BCUT2D eigenvalue weighted by atomic mass is 9.89. The van der Waals surface area contributed by atoms with Crippen molar-refractivity contribution in [1.82, 2.24) is 9.97 Å². The third kappa shape index (κ3) is 3.40. The Hall–Kier alpha value is -2.51. The summed E-state index contributed by atoms with van der Waals surface area (Å²) >= 11 is 7.42. The number of thiophene rings is 1. The van der Waals surface area contributed by atoms with Gasteiger partial charge in [0.15, 0.2) is 0 Å². The van der Waals surface area contributed by atoms with Crippen molar-refractivity contribution in [3.8, 4) is 0 Å². The molecule has 1 N–H and O–H groups in total. The van der Waals surface area contributed by atoms with E-state index in [1.807, 2.05) is 0 Å². The maximum absolute atomic E-state index is 12.6. The van der Waals surface area contributed by atoms with Gasteiger partial charge in [-0.25, -0.2) is 4.98 Å². The van der Waals surface area contributed by atoms with Gasteiger partial charge in [-0.05, 0) is 48.4 Å². The number of H-pyrrole nitrogens is 1. The highest BCUT2D eigenvalue weighted by Crippen LogP contribution is 2.35. The minimum absolute atomic E-state index is 0.0866. The van der Waals surface area contributed by atoms with Crippen molar-refractivity contribution < 1.29 is 4.92 Å². The summed E-state index contributed by atoms with van der Waals surface area (Å²) in [5, 5.41) is 11.8. The number of nitrogens with zero attached hydrogens (tertiary/aromatic N) is 2. The third-order valence-corrected chi connectivity index (χ3v) is 6.25. The average Bonchev–Trinajstić information content (AvgIpc) is 2.98. The van der Waals surface area contributed by atoms with Crippen LogP contribution < -0.4 is 5.56 Å². The van der Waals surface area contributed by atoms with Crippen LogP contribution in [0.15, 0.2) is 23.0 Å². The van der Waals surface area contributed by atoms with Crippen LogP contribution in [-0.2, 0) is 12.8 Å². The van der Waals surface area contributed by atoms with Crippen molar-refractivity contribution in [1.29, 1.82) is 0 Å². The van der Waals surface area contributed by atoms with Crippen LogP contribution in [0.4, 0.5) is 5.69 Å². The highest BCUT2D eigenvalue weighted by molar-refractivity contribution is 7.18. The first-order chi connectivity index (χ1) is 12.9. The third-order valence-electron chi connectivity index (χ3n) is 4.78. The molecule has 0 saturated heterocycles. The zero-order chi connectivity index (χ0) is 19.1. The van der Waals surface area contributed by atoms with Gasteiger partial charge in [0, 0.05) is 10.9 Å². The molecule has 0 radical (unpaired) electrons. The van der Waals surface area contributed by atoms with E-state index in [0.29, 0.717) is 22.7 Å². The van der Waals surface area contributed by atoms with Gasteiger partial charge in [0.05, 0.1) is 10.3 Å². The molecule has 0 fully saturated rings. The molecule has 0 bridgehead atoms. The smallest absolute Gasteiger partial charge is 0.288 e. The number of halogens is 1. The SMILES string of the molecule is C[C@@H]1CCc2c(sc3nc(/C=C/c4ccc(Cl)c([N+](=O)[O-])c4)[nH]c(=O)c23)C1. The van der Waals surface area contributed by atoms with E-state index in [0.717, 1.165) is 29.7 Å². The fourth-order valence-electron chi connectivity index (χ4n) is 3.39. The van der Waals surface area contributed by atoms with Gasteiger partial charge in [-0.15, -0.1) is 11.3 Å². The molecule has 1 aromatic carbocycles. The van der Waals surface area contributed by atoms with Gasteiger partial charge in [0.2, 0.25) is 0 Å². The summed E-state index contributed by atoms with van der Waals surface area (Å²) in [6.45, 7) is 2.23. The van der Waals surface area contributed by atoms with E-state index in [9.17, 15) is 14.9 Å². The number of hydrogen-bond donors (Lipinski definition) is 1. The van der Waals surface area contributed by atoms with E-state index >= 15 is 0 Å². The highest BCUT2D eigenvalue weighted by atomic mass is 35.5. The van der Waals surface area contributed by atoms with Crippen molar-refractivity contribution in [3.63, 3.8) is 0 Å². The lowest BCUT2D eigenvalue weighted by Gasteiger charge is -2.17. The summed E-state index contributed by atoms with van der Waals surface area (Å²) < 4.78 is 0. The van der Waals surface area contributed by atoms with Gasteiger partial charge in [0.25, 0.3) is 11.2 Å². The van der Waals surface area contributed by atoms with Crippen LogP contribution >= 0.6 is 22.9 Å². The van der Waals surface area contributed by atoms with Crippen LogP contribution in [0.2, 0.25) is 5.02 Å². The summed E-state index contributed by atoms with van der Waals surface area (Å²) in [4.78, 5) is 32.4. The molecule has 1 aliphatic rings. The van der Waals surface area contributed by atoms with E-state index in [-0.39, 0.29) is 16.3 Å². The summed E-state index contributed by atoms with van der Waals surface area (Å²) in [6, 6.07) is 4.54. The fraction of sp³-hybridized carbons (Fsp3) is 0.263.